The third kappa shape index (κ3) is 11.0. The van der Waals surface area contributed by atoms with Crippen LogP contribution in [0.25, 0.3) is 0 Å². The minimum atomic E-state index is -0.353. The number of imide groups is 1. The van der Waals surface area contributed by atoms with E-state index in [4.69, 9.17) is 23.9 Å². The van der Waals surface area contributed by atoms with Gasteiger partial charge < -0.3 is 39.4 Å². The highest BCUT2D eigenvalue weighted by atomic mass is 32.2. The number of para-hydroxylation sites is 2. The first-order chi connectivity index (χ1) is 38.2. The van der Waals surface area contributed by atoms with E-state index in [1.54, 1.807) is 55.1 Å². The van der Waals surface area contributed by atoms with Gasteiger partial charge in [0, 0.05) is 90.2 Å². The molecular formula is C61H62N6O10S2. The van der Waals surface area contributed by atoms with Crippen molar-refractivity contribution in [3.63, 3.8) is 0 Å². The second kappa shape index (κ2) is 22.5. The molecule has 0 bridgehead atoms. The van der Waals surface area contributed by atoms with Crippen molar-refractivity contribution in [3.05, 3.63) is 148 Å². The number of unbranched alkanes of at least 4 members (excludes halogenated alkanes) is 3. The number of aromatic nitrogens is 1. The van der Waals surface area contributed by atoms with Crippen LogP contribution in [0.3, 0.4) is 0 Å². The topological polar surface area (TPSA) is 185 Å². The summed E-state index contributed by atoms with van der Waals surface area (Å²) in [4.78, 5) is 62.4. The number of carbonyl (C=O) groups is 4. The number of anilines is 3. The predicted octanol–water partition coefficient (Wildman–Crippen LogP) is 10.6. The molecule has 16 nitrogen and oxygen atoms in total. The van der Waals surface area contributed by atoms with Crippen LogP contribution >= 0.6 is 23.5 Å². The van der Waals surface area contributed by atoms with Gasteiger partial charge in [-0.2, -0.15) is 11.8 Å². The number of ether oxygens (including phenoxy) is 4. The van der Waals surface area contributed by atoms with E-state index >= 15 is 0 Å². The molecule has 0 saturated heterocycles. The zero-order chi connectivity index (χ0) is 55.0. The molecule has 1 aromatic heterocycles. The standard InChI is InChI=1S/C61H62N6O10S2/c1-61(2,79-54-30-57(70)65(60(54)73)20-12-6-5-11-19-64-55(68)17-18-56(64)69)36-78-35-39-22-37(33-76-52-28-46-44(26-50(52)74-3)58(71)66-42(31-62-46)24-40-13-7-9-15-48(40)66)21-38(23-39)34-77-53-29-47-45(27-51(53)75-4)59(72)67-43(32-63-47)25-41-14-8-10-16-49(41)67/h7-10,13-18,21-23,26-31,42-43,63,70,73H,5-6,11-12,19-20,24-25,32-36H2,1-4H3. The van der Waals surface area contributed by atoms with Crippen LogP contribution in [0.2, 0.25) is 0 Å². The maximum atomic E-state index is 14.2. The van der Waals surface area contributed by atoms with Gasteiger partial charge in [-0.05, 0) is 91.3 Å². The van der Waals surface area contributed by atoms with E-state index in [0.29, 0.717) is 101 Å². The molecule has 5 aliphatic heterocycles. The number of hydrogen-bond donors (Lipinski definition) is 3. The lowest BCUT2D eigenvalue weighted by Gasteiger charge is -2.23. The highest BCUT2D eigenvalue weighted by Gasteiger charge is 2.39. The molecule has 408 valence electrons. The van der Waals surface area contributed by atoms with Crippen molar-refractivity contribution in [1.82, 2.24) is 9.47 Å². The molecule has 0 saturated carbocycles. The van der Waals surface area contributed by atoms with E-state index in [-0.39, 0.29) is 65.4 Å². The fraction of sp³-hybridized carbons (Fsp3) is 0.328. The van der Waals surface area contributed by atoms with Crippen LogP contribution in [0.4, 0.5) is 22.7 Å². The molecule has 4 amide bonds. The number of fused-ring (bicyclic) bond motifs is 8. The van der Waals surface area contributed by atoms with Crippen molar-refractivity contribution in [2.45, 2.75) is 99.6 Å². The summed E-state index contributed by atoms with van der Waals surface area (Å²) < 4.78 is 26.0. The number of nitrogens with one attached hydrogen (secondary N) is 1. The molecular weight excluding hydrogens is 1040 g/mol. The molecule has 18 heteroatoms. The largest absolute Gasteiger partial charge is 0.494 e. The molecule has 0 aliphatic carbocycles. The number of nitrogens with zero attached hydrogens (tertiary/aromatic N) is 5. The van der Waals surface area contributed by atoms with Crippen molar-refractivity contribution in [2.24, 2.45) is 4.99 Å². The van der Waals surface area contributed by atoms with Crippen LogP contribution in [-0.4, -0.2) is 99.4 Å². The molecule has 2 unspecified atom stereocenters. The van der Waals surface area contributed by atoms with E-state index in [1.807, 2.05) is 65.7 Å². The fourth-order valence-electron chi connectivity index (χ4n) is 11.1. The fourth-order valence-corrected chi connectivity index (χ4v) is 13.5. The van der Waals surface area contributed by atoms with Gasteiger partial charge in [-0.1, -0.05) is 61.4 Å². The molecule has 0 fully saturated rings. The maximum absolute atomic E-state index is 14.2. The van der Waals surface area contributed by atoms with E-state index < -0.39 is 0 Å². The Morgan fingerprint density at radius 1 is 0.684 bits per heavy atom. The molecule has 79 heavy (non-hydrogen) atoms. The summed E-state index contributed by atoms with van der Waals surface area (Å²) in [6.45, 7) is 5.94. The molecule has 5 aromatic carbocycles. The Labute approximate surface area is 467 Å². The quantitative estimate of drug-likeness (QED) is 0.0352. The second-order valence-corrected chi connectivity index (χ2v) is 23.7. The van der Waals surface area contributed by atoms with Crippen LogP contribution < -0.4 is 34.1 Å². The van der Waals surface area contributed by atoms with E-state index in [0.717, 1.165) is 58.5 Å². The molecule has 3 N–H and O–H groups in total. The molecule has 11 rings (SSSR count). The number of thioether (sulfide) groups is 2. The number of methoxy groups -OCH3 is 2. The average Bonchev–Trinajstić information content (AvgIpc) is 4.36. The number of aromatic hydroxyl groups is 2. The van der Waals surface area contributed by atoms with Gasteiger partial charge in [0.25, 0.3) is 23.6 Å². The van der Waals surface area contributed by atoms with Crippen molar-refractivity contribution < 1.29 is 48.3 Å². The monoisotopic (exact) mass is 1100 g/mol. The SMILES string of the molecule is COc1cc2c(cc1OCc1cc(COc3cc4c(cc3OC)C(=O)N3c5ccccc5CC3CN4)cc(CSCC(C)(C)Sc3cc(O)n(CCCCCCN4C(=O)C=CC4=O)c3O)c1)N=CC1Cc3ccccc3N1C2=O. The summed E-state index contributed by atoms with van der Waals surface area (Å²) in [5.41, 5.74) is 8.96. The summed E-state index contributed by atoms with van der Waals surface area (Å²) in [5.74, 6) is 2.32. The number of amides is 4. The number of rotatable bonds is 21. The van der Waals surface area contributed by atoms with Crippen molar-refractivity contribution in [3.8, 4) is 34.8 Å². The Balaban J connectivity index is 0.788. The molecule has 2 atom stereocenters. The lowest BCUT2D eigenvalue weighted by Crippen LogP contribution is -2.39. The van der Waals surface area contributed by atoms with E-state index in [1.165, 1.54) is 33.4 Å². The first kappa shape index (κ1) is 53.2. The van der Waals surface area contributed by atoms with Crippen LogP contribution in [0, 0.1) is 0 Å². The van der Waals surface area contributed by atoms with Gasteiger partial charge in [0.05, 0.1) is 53.7 Å². The molecule has 0 radical (unpaired) electrons. The Morgan fingerprint density at radius 2 is 1.29 bits per heavy atom. The molecule has 0 spiro atoms. The number of hydrogen-bond acceptors (Lipinski definition) is 14. The van der Waals surface area contributed by atoms with Crippen LogP contribution in [0.1, 0.15) is 88.1 Å². The van der Waals surface area contributed by atoms with Gasteiger partial charge in [-0.15, -0.1) is 11.8 Å². The summed E-state index contributed by atoms with van der Waals surface area (Å²) in [7, 11) is 3.12. The first-order valence-electron chi connectivity index (χ1n) is 26.6. The van der Waals surface area contributed by atoms with Crippen molar-refractivity contribution in [1.29, 1.82) is 0 Å². The van der Waals surface area contributed by atoms with E-state index in [9.17, 15) is 29.4 Å². The second-order valence-electron chi connectivity index (χ2n) is 21.0. The summed E-state index contributed by atoms with van der Waals surface area (Å²) in [5, 5.41) is 25.7. The lowest BCUT2D eigenvalue weighted by molar-refractivity contribution is -0.136. The molecule has 5 aliphatic rings. The number of aliphatic imine (C=N–C) groups is 1. The highest BCUT2D eigenvalue weighted by Crippen LogP contribution is 2.45. The summed E-state index contributed by atoms with van der Waals surface area (Å²) in [6.07, 6.45) is 8.87. The Hall–Kier alpha value is -7.83. The predicted molar refractivity (Wildman–Crippen MR) is 307 cm³/mol. The highest BCUT2D eigenvalue weighted by molar-refractivity contribution is 8.03. The lowest BCUT2D eigenvalue weighted by atomic mass is 10.1. The molecule has 6 aromatic rings. The Bertz CT molecular complexity index is 3430. The van der Waals surface area contributed by atoms with Crippen LogP contribution in [0.15, 0.2) is 119 Å². The van der Waals surface area contributed by atoms with Gasteiger partial charge in [-0.25, -0.2) is 0 Å². The zero-order valence-electron chi connectivity index (χ0n) is 44.5. The number of benzene rings is 5. The van der Waals surface area contributed by atoms with Gasteiger partial charge in [0.1, 0.15) is 13.2 Å². The first-order valence-corrected chi connectivity index (χ1v) is 28.6. The smallest absolute Gasteiger partial charge is 0.261 e. The van der Waals surface area contributed by atoms with Crippen molar-refractivity contribution in [2.75, 3.05) is 48.2 Å². The Kier molecular flexibility index (Phi) is 15.1. The van der Waals surface area contributed by atoms with Gasteiger partial charge in [0.15, 0.2) is 28.9 Å². The van der Waals surface area contributed by atoms with Crippen molar-refractivity contribution >= 4 is 76.1 Å². The summed E-state index contributed by atoms with van der Waals surface area (Å²) in [6, 6.07) is 30.7. The van der Waals surface area contributed by atoms with Gasteiger partial charge >= 0.3 is 0 Å². The normalized spacial score (nSPS) is 16.9. The third-order valence-corrected chi connectivity index (χ3v) is 17.8. The minimum absolute atomic E-state index is 0.00696. The van der Waals surface area contributed by atoms with Crippen LogP contribution in [-0.2, 0) is 47.9 Å². The zero-order valence-corrected chi connectivity index (χ0v) is 46.2. The van der Waals surface area contributed by atoms with Gasteiger partial charge in [-0.3, -0.25) is 38.5 Å². The summed E-state index contributed by atoms with van der Waals surface area (Å²) >= 11 is 3.24. The third-order valence-electron chi connectivity index (χ3n) is 14.9. The number of carbonyl (C=O) groups excluding carboxylic acids is 4. The maximum Gasteiger partial charge on any atom is 0.261 e. The van der Waals surface area contributed by atoms with Crippen LogP contribution in [0.5, 0.6) is 34.8 Å². The van der Waals surface area contributed by atoms with E-state index in [2.05, 4.69) is 37.4 Å². The average molecular weight is 1100 g/mol. The minimum Gasteiger partial charge on any atom is -0.494 e. The Morgan fingerprint density at radius 3 is 1.99 bits per heavy atom. The van der Waals surface area contributed by atoms with Gasteiger partial charge in [0.2, 0.25) is 5.88 Å². The molecule has 6 heterocycles.